The number of epoxide rings is 1. The first kappa shape index (κ1) is 6.92. The van der Waals surface area contributed by atoms with E-state index in [1.54, 1.807) is 0 Å². The second kappa shape index (κ2) is 2.28. The Bertz CT molecular complexity index is 46.0. The van der Waals surface area contributed by atoms with Gasteiger partial charge in [0.05, 0.1) is 12.2 Å². The number of ether oxygens (including phenoxy) is 1. The van der Waals surface area contributed by atoms with Crippen molar-refractivity contribution in [3.8, 4) is 0 Å². The molecule has 0 atom stereocenters. The van der Waals surface area contributed by atoms with Crippen molar-refractivity contribution in [1.29, 1.82) is 0 Å². The molecule has 2 N–H and O–H groups in total. The Morgan fingerprint density at radius 2 is 1.57 bits per heavy atom. The van der Waals surface area contributed by atoms with Gasteiger partial charge in [-0.25, -0.2) is 0 Å². The minimum atomic E-state index is 0.250. The zero-order valence-corrected chi connectivity index (χ0v) is 5.19. The molecule has 0 saturated carbocycles. The van der Waals surface area contributed by atoms with Crippen molar-refractivity contribution in [2.24, 2.45) is 5.73 Å². The third kappa shape index (κ3) is 3.76. The summed E-state index contributed by atoms with van der Waals surface area (Å²) in [6, 6.07) is 0. The van der Waals surface area contributed by atoms with Gasteiger partial charge in [-0.05, 0) is 20.9 Å². The van der Waals surface area contributed by atoms with Crippen molar-refractivity contribution in [2.75, 3.05) is 13.7 Å². The zero-order valence-electron chi connectivity index (χ0n) is 5.19. The summed E-state index contributed by atoms with van der Waals surface area (Å²) in [6.07, 6.45) is 0. The van der Waals surface area contributed by atoms with Gasteiger partial charge in [-0.3, -0.25) is 0 Å². The maximum atomic E-state index is 4.90. The van der Waals surface area contributed by atoms with Gasteiger partial charge >= 0.3 is 0 Å². The fraction of sp³-hybridized carbons (Fsp3) is 1.00. The van der Waals surface area contributed by atoms with Crippen LogP contribution in [0.1, 0.15) is 13.8 Å². The Hall–Kier alpha value is -0.0800. The van der Waals surface area contributed by atoms with Gasteiger partial charge < -0.3 is 10.5 Å². The number of hydrogen-bond donors (Lipinski definition) is 1. The quantitative estimate of drug-likeness (QED) is 0.450. The van der Waals surface area contributed by atoms with Crippen LogP contribution in [0.15, 0.2) is 0 Å². The third-order valence-electron chi connectivity index (χ3n) is 0.722. The molecule has 0 aliphatic carbocycles. The molecule has 0 aromatic heterocycles. The summed E-state index contributed by atoms with van der Waals surface area (Å²) < 4.78 is 4.90. The van der Waals surface area contributed by atoms with Crippen molar-refractivity contribution in [1.82, 2.24) is 0 Å². The predicted molar refractivity (Wildman–Crippen MR) is 30.1 cm³/mol. The van der Waals surface area contributed by atoms with E-state index in [4.69, 9.17) is 4.74 Å². The van der Waals surface area contributed by atoms with Gasteiger partial charge in [0.2, 0.25) is 0 Å². The van der Waals surface area contributed by atoms with Crippen molar-refractivity contribution in [3.63, 3.8) is 0 Å². The van der Waals surface area contributed by atoms with Gasteiger partial charge in [-0.1, -0.05) is 0 Å². The second-order valence-electron chi connectivity index (χ2n) is 2.05. The molecule has 1 heterocycles. The molecule has 44 valence electrons. The minimum Gasteiger partial charge on any atom is -0.370 e. The molecule has 0 amide bonds. The van der Waals surface area contributed by atoms with Crippen LogP contribution < -0.4 is 5.73 Å². The lowest BCUT2D eigenvalue weighted by Crippen LogP contribution is -1.90. The molecule has 0 aromatic carbocycles. The van der Waals surface area contributed by atoms with E-state index < -0.39 is 0 Å². The summed E-state index contributed by atoms with van der Waals surface area (Å²) in [7, 11) is 1.50. The molecule has 0 unspecified atom stereocenters. The summed E-state index contributed by atoms with van der Waals surface area (Å²) in [4.78, 5) is 0. The normalized spacial score (nSPS) is 22.3. The van der Waals surface area contributed by atoms with Gasteiger partial charge in [-0.2, -0.15) is 0 Å². The highest BCUT2D eigenvalue weighted by Crippen LogP contribution is 2.23. The first-order valence-electron chi connectivity index (χ1n) is 2.42. The largest absolute Gasteiger partial charge is 0.370 e. The van der Waals surface area contributed by atoms with Crippen LogP contribution in [0.4, 0.5) is 0 Å². The Kier molecular flexibility index (Phi) is 2.26. The lowest BCUT2D eigenvalue weighted by atomic mass is 10.3. The highest BCUT2D eigenvalue weighted by Gasteiger charge is 2.32. The van der Waals surface area contributed by atoms with Crippen LogP contribution in [0.25, 0.3) is 0 Å². The van der Waals surface area contributed by atoms with E-state index in [0.717, 1.165) is 6.61 Å². The average molecular weight is 103 g/mol. The van der Waals surface area contributed by atoms with Crippen LogP contribution in [-0.4, -0.2) is 19.3 Å². The van der Waals surface area contributed by atoms with Crippen LogP contribution in [0.5, 0.6) is 0 Å². The van der Waals surface area contributed by atoms with Crippen LogP contribution in [-0.2, 0) is 4.74 Å². The van der Waals surface area contributed by atoms with Crippen molar-refractivity contribution in [2.45, 2.75) is 19.4 Å². The molecular weight excluding hydrogens is 90.1 g/mol. The molecule has 0 aromatic rings. The van der Waals surface area contributed by atoms with E-state index in [9.17, 15) is 0 Å². The van der Waals surface area contributed by atoms with E-state index in [0.29, 0.717) is 0 Å². The molecule has 1 fully saturated rings. The van der Waals surface area contributed by atoms with Gasteiger partial charge in [0, 0.05) is 0 Å². The second-order valence-corrected chi connectivity index (χ2v) is 2.05. The van der Waals surface area contributed by atoms with Crippen LogP contribution in [0.2, 0.25) is 0 Å². The van der Waals surface area contributed by atoms with Crippen molar-refractivity contribution in [3.05, 3.63) is 0 Å². The zero-order chi connectivity index (χ0) is 5.91. The number of nitrogens with two attached hydrogens (primary N) is 1. The molecular formula is C5H13NO. The summed E-state index contributed by atoms with van der Waals surface area (Å²) in [6.45, 7) is 5.10. The molecule has 1 rings (SSSR count). The van der Waals surface area contributed by atoms with Crippen LogP contribution in [0.3, 0.4) is 0 Å². The molecule has 0 radical (unpaired) electrons. The highest BCUT2D eigenvalue weighted by atomic mass is 16.6. The topological polar surface area (TPSA) is 38.5 Å². The van der Waals surface area contributed by atoms with E-state index >= 15 is 0 Å². The maximum Gasteiger partial charge on any atom is 0.0860 e. The van der Waals surface area contributed by atoms with Crippen LogP contribution >= 0.6 is 0 Å². The molecule has 0 spiro atoms. The monoisotopic (exact) mass is 103 g/mol. The molecule has 1 saturated heterocycles. The summed E-state index contributed by atoms with van der Waals surface area (Å²) >= 11 is 0. The van der Waals surface area contributed by atoms with Gasteiger partial charge in [0.15, 0.2) is 0 Å². The van der Waals surface area contributed by atoms with E-state index in [1.807, 2.05) is 0 Å². The molecule has 0 bridgehead atoms. The SMILES string of the molecule is CC1(C)CO1.CN. The van der Waals surface area contributed by atoms with Crippen molar-refractivity contribution < 1.29 is 4.74 Å². The minimum absolute atomic E-state index is 0.250. The molecule has 1 aliphatic rings. The van der Waals surface area contributed by atoms with Crippen LogP contribution in [0, 0.1) is 0 Å². The van der Waals surface area contributed by atoms with Gasteiger partial charge in [0.1, 0.15) is 0 Å². The lowest BCUT2D eigenvalue weighted by Gasteiger charge is -1.81. The fourth-order valence-corrected chi connectivity index (χ4v) is 0.144. The van der Waals surface area contributed by atoms with Crippen molar-refractivity contribution >= 4 is 0 Å². The van der Waals surface area contributed by atoms with E-state index in [2.05, 4.69) is 19.6 Å². The summed E-state index contributed by atoms with van der Waals surface area (Å²) in [5.41, 5.74) is 4.75. The van der Waals surface area contributed by atoms with E-state index in [1.165, 1.54) is 7.05 Å². The first-order chi connectivity index (χ1) is 3.21. The Morgan fingerprint density at radius 1 is 1.43 bits per heavy atom. The number of rotatable bonds is 0. The standard InChI is InChI=1S/C4H8O.CH5N/c1-4(2)3-5-4;1-2/h3H2,1-2H3;2H2,1H3. The Morgan fingerprint density at radius 3 is 1.57 bits per heavy atom. The molecule has 1 aliphatic heterocycles. The molecule has 2 nitrogen and oxygen atoms in total. The summed E-state index contributed by atoms with van der Waals surface area (Å²) in [5, 5.41) is 0. The fourth-order valence-electron chi connectivity index (χ4n) is 0.144. The lowest BCUT2D eigenvalue weighted by molar-refractivity contribution is 0.344. The summed E-state index contributed by atoms with van der Waals surface area (Å²) in [5.74, 6) is 0. The number of hydrogen-bond acceptors (Lipinski definition) is 2. The highest BCUT2D eigenvalue weighted by molar-refractivity contribution is 4.79. The predicted octanol–water partition coefficient (Wildman–Crippen LogP) is 0.370. The Balaban J connectivity index is 0.000000162. The Labute approximate surface area is 44.7 Å². The third-order valence-corrected chi connectivity index (χ3v) is 0.722. The molecule has 2 heteroatoms. The van der Waals surface area contributed by atoms with Gasteiger partial charge in [-0.15, -0.1) is 0 Å². The smallest absolute Gasteiger partial charge is 0.0860 e. The average Bonchev–Trinajstić information content (AvgIpc) is 2.26. The first-order valence-corrected chi connectivity index (χ1v) is 2.42. The van der Waals surface area contributed by atoms with E-state index in [-0.39, 0.29) is 5.60 Å². The van der Waals surface area contributed by atoms with Gasteiger partial charge in [0.25, 0.3) is 0 Å². The maximum absolute atomic E-state index is 4.90. The molecule has 7 heavy (non-hydrogen) atoms.